The monoisotopic (exact) mass is 455 g/mol. The molecule has 0 aromatic heterocycles. The number of aliphatic carboxylic acids is 2. The van der Waals surface area contributed by atoms with E-state index in [2.05, 4.69) is 69.7 Å². The zero-order valence-electron chi connectivity index (χ0n) is 18.9. The lowest BCUT2D eigenvalue weighted by Gasteiger charge is -2.32. The molecule has 0 unspecified atom stereocenters. The molecule has 0 radical (unpaired) electrons. The van der Waals surface area contributed by atoms with Gasteiger partial charge in [-0.2, -0.15) is 0 Å². The van der Waals surface area contributed by atoms with E-state index >= 15 is 0 Å². The van der Waals surface area contributed by atoms with Crippen LogP contribution in [0, 0.1) is 0 Å². The summed E-state index contributed by atoms with van der Waals surface area (Å²) >= 11 is 0. The van der Waals surface area contributed by atoms with Gasteiger partial charge in [-0.3, -0.25) is 4.90 Å². The van der Waals surface area contributed by atoms with Crippen LogP contribution >= 0.6 is 0 Å². The summed E-state index contributed by atoms with van der Waals surface area (Å²) in [6.07, 6.45) is 2.47. The van der Waals surface area contributed by atoms with E-state index in [4.69, 9.17) is 24.5 Å². The standard InChI is InChI=1S/C23H31N3O.C2H2O4/c1-2-4-21(5-3-1)19-25-12-10-22(11-13-25)24-18-20-6-8-23(9-7-20)26-14-16-27-17-15-26;3-1(4)2(5)6/h1-9,22,24H,10-19H2;(H,3,4)(H,5,6). The van der Waals surface area contributed by atoms with Gasteiger partial charge < -0.3 is 25.2 Å². The molecular weight excluding hydrogens is 422 g/mol. The van der Waals surface area contributed by atoms with Gasteiger partial charge in [0.2, 0.25) is 0 Å². The van der Waals surface area contributed by atoms with E-state index in [0.717, 1.165) is 39.4 Å². The first-order valence-corrected chi connectivity index (χ1v) is 11.4. The van der Waals surface area contributed by atoms with Gasteiger partial charge in [0.25, 0.3) is 0 Å². The number of nitrogens with zero attached hydrogens (tertiary/aromatic N) is 2. The van der Waals surface area contributed by atoms with E-state index in [-0.39, 0.29) is 0 Å². The SMILES string of the molecule is O=C(O)C(=O)O.c1ccc(CN2CCC(NCc3ccc(N4CCOCC4)cc3)CC2)cc1. The molecule has 8 heteroatoms. The summed E-state index contributed by atoms with van der Waals surface area (Å²) in [4.78, 5) is 23.2. The van der Waals surface area contributed by atoms with E-state index in [1.54, 1.807) is 0 Å². The summed E-state index contributed by atoms with van der Waals surface area (Å²) in [5.41, 5.74) is 4.11. The molecule has 2 aliphatic rings. The van der Waals surface area contributed by atoms with Crippen LogP contribution < -0.4 is 10.2 Å². The molecule has 0 aliphatic carbocycles. The van der Waals surface area contributed by atoms with Crippen LogP contribution in [0.4, 0.5) is 5.69 Å². The Kier molecular flexibility index (Phi) is 9.68. The van der Waals surface area contributed by atoms with Crippen molar-refractivity contribution in [2.24, 2.45) is 0 Å². The second kappa shape index (κ2) is 12.9. The fraction of sp³-hybridized carbons (Fsp3) is 0.440. The van der Waals surface area contributed by atoms with Gasteiger partial charge >= 0.3 is 11.9 Å². The van der Waals surface area contributed by atoms with Gasteiger partial charge in [-0.15, -0.1) is 0 Å². The molecule has 178 valence electrons. The Morgan fingerprint density at radius 3 is 2.03 bits per heavy atom. The lowest BCUT2D eigenvalue weighted by molar-refractivity contribution is -0.159. The third kappa shape index (κ3) is 8.49. The first-order valence-electron chi connectivity index (χ1n) is 11.4. The van der Waals surface area contributed by atoms with Gasteiger partial charge in [0, 0.05) is 37.9 Å². The smallest absolute Gasteiger partial charge is 0.414 e. The molecule has 2 fully saturated rings. The normalized spacial score (nSPS) is 17.2. The molecule has 0 saturated carbocycles. The predicted octanol–water partition coefficient (Wildman–Crippen LogP) is 2.43. The maximum atomic E-state index is 9.10. The number of carboxylic acid groups (broad SMARTS) is 2. The topological polar surface area (TPSA) is 102 Å². The van der Waals surface area contributed by atoms with E-state index in [1.807, 2.05) is 0 Å². The third-order valence-electron chi connectivity index (χ3n) is 5.93. The first kappa shape index (κ1) is 24.7. The Labute approximate surface area is 194 Å². The minimum atomic E-state index is -1.82. The lowest BCUT2D eigenvalue weighted by atomic mass is 10.0. The van der Waals surface area contributed by atoms with Crippen LogP contribution in [0.2, 0.25) is 0 Å². The average Bonchev–Trinajstić information content (AvgIpc) is 2.85. The number of benzene rings is 2. The summed E-state index contributed by atoms with van der Waals surface area (Å²) in [7, 11) is 0. The molecule has 0 amide bonds. The highest BCUT2D eigenvalue weighted by Crippen LogP contribution is 2.18. The van der Waals surface area contributed by atoms with Gasteiger partial charge in [-0.05, 0) is 49.2 Å². The molecule has 8 nitrogen and oxygen atoms in total. The van der Waals surface area contributed by atoms with Crippen molar-refractivity contribution in [3.8, 4) is 0 Å². The highest BCUT2D eigenvalue weighted by atomic mass is 16.5. The number of rotatable bonds is 6. The maximum absolute atomic E-state index is 9.10. The predicted molar refractivity (Wildman–Crippen MR) is 126 cm³/mol. The van der Waals surface area contributed by atoms with Gasteiger partial charge in [-0.1, -0.05) is 42.5 Å². The fourth-order valence-corrected chi connectivity index (χ4v) is 4.05. The molecule has 0 atom stereocenters. The minimum absolute atomic E-state index is 0.635. The number of carbonyl (C=O) groups is 2. The molecule has 3 N–H and O–H groups in total. The van der Waals surface area contributed by atoms with Crippen molar-refractivity contribution in [1.29, 1.82) is 0 Å². The van der Waals surface area contributed by atoms with Gasteiger partial charge in [0.15, 0.2) is 0 Å². The van der Waals surface area contributed by atoms with E-state index < -0.39 is 11.9 Å². The highest BCUT2D eigenvalue weighted by molar-refractivity contribution is 6.27. The largest absolute Gasteiger partial charge is 0.473 e. The molecule has 2 saturated heterocycles. The van der Waals surface area contributed by atoms with Crippen LogP contribution in [0.15, 0.2) is 54.6 Å². The zero-order chi connectivity index (χ0) is 23.5. The molecule has 4 rings (SSSR count). The fourth-order valence-electron chi connectivity index (χ4n) is 4.05. The molecule has 0 bridgehead atoms. The van der Waals surface area contributed by atoms with Crippen molar-refractivity contribution >= 4 is 17.6 Å². The van der Waals surface area contributed by atoms with Crippen LogP contribution in [-0.4, -0.2) is 72.5 Å². The number of piperidine rings is 1. The Balaban J connectivity index is 0.000000454. The van der Waals surface area contributed by atoms with Crippen molar-refractivity contribution in [2.75, 3.05) is 44.3 Å². The summed E-state index contributed by atoms with van der Waals surface area (Å²) in [5, 5.41) is 18.5. The second-order valence-corrected chi connectivity index (χ2v) is 8.29. The molecule has 2 aromatic carbocycles. The number of ether oxygens (including phenoxy) is 1. The third-order valence-corrected chi connectivity index (χ3v) is 5.93. The van der Waals surface area contributed by atoms with Gasteiger partial charge in [0.05, 0.1) is 13.2 Å². The Morgan fingerprint density at radius 2 is 1.45 bits per heavy atom. The van der Waals surface area contributed by atoms with Crippen molar-refractivity contribution in [1.82, 2.24) is 10.2 Å². The first-order chi connectivity index (χ1) is 16.0. The molecule has 0 spiro atoms. The number of likely N-dealkylation sites (tertiary alicyclic amines) is 1. The van der Waals surface area contributed by atoms with Gasteiger partial charge in [-0.25, -0.2) is 9.59 Å². The van der Waals surface area contributed by atoms with Crippen molar-refractivity contribution in [2.45, 2.75) is 32.0 Å². The number of hydrogen-bond acceptors (Lipinski definition) is 6. The Morgan fingerprint density at radius 1 is 0.848 bits per heavy atom. The minimum Gasteiger partial charge on any atom is -0.473 e. The van der Waals surface area contributed by atoms with E-state index in [1.165, 1.54) is 42.7 Å². The number of anilines is 1. The Hall–Kier alpha value is -2.94. The number of carboxylic acids is 2. The summed E-state index contributed by atoms with van der Waals surface area (Å²) < 4.78 is 5.44. The maximum Gasteiger partial charge on any atom is 0.414 e. The van der Waals surface area contributed by atoms with Crippen LogP contribution in [0.3, 0.4) is 0 Å². The quantitative estimate of drug-likeness (QED) is 0.571. The zero-order valence-corrected chi connectivity index (χ0v) is 18.9. The van der Waals surface area contributed by atoms with E-state index in [0.29, 0.717) is 6.04 Å². The lowest BCUT2D eigenvalue weighted by Crippen LogP contribution is -2.41. The van der Waals surface area contributed by atoms with Crippen LogP contribution in [0.25, 0.3) is 0 Å². The summed E-state index contributed by atoms with van der Waals surface area (Å²) in [5.74, 6) is -3.65. The second-order valence-electron chi connectivity index (χ2n) is 8.29. The van der Waals surface area contributed by atoms with Gasteiger partial charge in [0.1, 0.15) is 0 Å². The number of nitrogens with one attached hydrogen (secondary N) is 1. The molecule has 33 heavy (non-hydrogen) atoms. The average molecular weight is 456 g/mol. The Bertz CT molecular complexity index is 849. The highest BCUT2D eigenvalue weighted by Gasteiger charge is 2.19. The van der Waals surface area contributed by atoms with Crippen molar-refractivity contribution in [3.05, 3.63) is 65.7 Å². The molecule has 2 heterocycles. The number of hydrogen-bond donors (Lipinski definition) is 3. The van der Waals surface area contributed by atoms with Crippen LogP contribution in [0.5, 0.6) is 0 Å². The molecular formula is C25H33N3O5. The summed E-state index contributed by atoms with van der Waals surface area (Å²) in [6.45, 7) is 8.09. The van der Waals surface area contributed by atoms with Crippen LogP contribution in [-0.2, 0) is 27.4 Å². The van der Waals surface area contributed by atoms with Crippen molar-refractivity contribution < 1.29 is 24.5 Å². The molecule has 2 aromatic rings. The summed E-state index contributed by atoms with van der Waals surface area (Å²) in [6, 6.07) is 20.5. The number of morpholine rings is 1. The molecule has 2 aliphatic heterocycles. The van der Waals surface area contributed by atoms with Crippen molar-refractivity contribution in [3.63, 3.8) is 0 Å². The van der Waals surface area contributed by atoms with E-state index in [9.17, 15) is 0 Å². The van der Waals surface area contributed by atoms with Crippen LogP contribution in [0.1, 0.15) is 24.0 Å².